The zero-order valence-corrected chi connectivity index (χ0v) is 8.23. The van der Waals surface area contributed by atoms with Crippen LogP contribution in [-0.2, 0) is 4.74 Å². The molecule has 0 radical (unpaired) electrons. The van der Waals surface area contributed by atoms with Crippen LogP contribution in [-0.4, -0.2) is 23.2 Å². The number of primary amides is 1. The fraction of sp³-hybridized carbons (Fsp3) is 0.111. The van der Waals surface area contributed by atoms with Crippen LogP contribution >= 0.6 is 0 Å². The van der Waals surface area contributed by atoms with Crippen molar-refractivity contribution >= 4 is 23.1 Å². The molecule has 0 bridgehead atoms. The Balaban J connectivity index is 0.000000195. The lowest BCUT2D eigenvalue weighted by Crippen LogP contribution is -2.08. The number of methoxy groups -OCH3 is 1. The summed E-state index contributed by atoms with van der Waals surface area (Å²) in [6, 6.07) is 7.74. The molecule has 1 aromatic carbocycles. The Labute approximate surface area is 86.2 Å². The maximum Gasteiger partial charge on any atom is 0.404 e. The number of hydrogen-bond donors (Lipinski definition) is 3. The van der Waals surface area contributed by atoms with Crippen LogP contribution in [0.5, 0.6) is 0 Å². The summed E-state index contributed by atoms with van der Waals surface area (Å²) in [5.74, 6) is 0.473. The summed E-state index contributed by atoms with van der Waals surface area (Å²) in [5, 5.41) is 0. The van der Waals surface area contributed by atoms with Gasteiger partial charge in [0, 0.05) is 0 Å². The third-order valence-electron chi connectivity index (χ3n) is 1.61. The van der Waals surface area contributed by atoms with Crippen molar-refractivity contribution in [2.75, 3.05) is 12.8 Å². The van der Waals surface area contributed by atoms with Gasteiger partial charge in [0.05, 0.1) is 18.1 Å². The molecule has 2 aromatic rings. The molecule has 1 aromatic heterocycles. The molecule has 0 aliphatic heterocycles. The van der Waals surface area contributed by atoms with Gasteiger partial charge in [-0.25, -0.2) is 9.78 Å². The number of hydrogen-bond acceptors (Lipinski definition) is 4. The number of rotatable bonds is 0. The van der Waals surface area contributed by atoms with E-state index in [9.17, 15) is 4.79 Å². The number of nitrogens with one attached hydrogen (secondary N) is 1. The van der Waals surface area contributed by atoms with Crippen molar-refractivity contribution in [2.24, 2.45) is 5.73 Å². The predicted octanol–water partition coefficient (Wildman–Crippen LogP) is 0.857. The summed E-state index contributed by atoms with van der Waals surface area (Å²) in [5.41, 5.74) is 11.8. The maximum absolute atomic E-state index is 9.37. The molecule has 0 unspecified atom stereocenters. The van der Waals surface area contributed by atoms with Crippen molar-refractivity contribution in [1.29, 1.82) is 0 Å². The number of carbonyl (C=O) groups is 1. The maximum atomic E-state index is 9.37. The Morgan fingerprint density at radius 2 is 2.07 bits per heavy atom. The Morgan fingerprint density at radius 1 is 1.47 bits per heavy atom. The van der Waals surface area contributed by atoms with E-state index in [0.29, 0.717) is 5.95 Å². The van der Waals surface area contributed by atoms with Gasteiger partial charge in [0.2, 0.25) is 0 Å². The summed E-state index contributed by atoms with van der Waals surface area (Å²) >= 11 is 0. The van der Waals surface area contributed by atoms with Crippen LogP contribution in [0.15, 0.2) is 24.3 Å². The first-order valence-electron chi connectivity index (χ1n) is 4.17. The molecule has 0 spiro atoms. The number of nitrogen functional groups attached to an aromatic ring is 1. The SMILES string of the molecule is COC(N)=O.Nc1nc2ccccc2[nH]1. The Hall–Kier alpha value is -2.24. The quantitative estimate of drug-likeness (QED) is 0.596. The first kappa shape index (κ1) is 10.8. The third kappa shape index (κ3) is 3.18. The molecule has 6 heteroatoms. The summed E-state index contributed by atoms with van der Waals surface area (Å²) in [4.78, 5) is 16.3. The number of nitrogens with zero attached hydrogens (tertiary/aromatic N) is 1. The lowest BCUT2D eigenvalue weighted by Gasteiger charge is -1.81. The van der Waals surface area contributed by atoms with Crippen LogP contribution in [0.3, 0.4) is 0 Å². The van der Waals surface area contributed by atoms with Gasteiger partial charge in [0.25, 0.3) is 0 Å². The summed E-state index contributed by atoms with van der Waals surface area (Å²) in [6.45, 7) is 0. The molecule has 0 aliphatic carbocycles. The number of carbonyl (C=O) groups excluding carboxylic acids is 1. The van der Waals surface area contributed by atoms with Crippen molar-refractivity contribution in [3.63, 3.8) is 0 Å². The summed E-state index contributed by atoms with van der Waals surface area (Å²) < 4.78 is 3.89. The second kappa shape index (κ2) is 4.85. The molecule has 2 rings (SSSR count). The molecule has 1 heterocycles. The minimum absolute atomic E-state index is 0.473. The summed E-state index contributed by atoms with van der Waals surface area (Å²) in [7, 11) is 1.22. The monoisotopic (exact) mass is 208 g/mol. The summed E-state index contributed by atoms with van der Waals surface area (Å²) in [6.07, 6.45) is -0.745. The average molecular weight is 208 g/mol. The minimum Gasteiger partial charge on any atom is -0.453 e. The molecule has 80 valence electrons. The van der Waals surface area contributed by atoms with Crippen molar-refractivity contribution in [3.05, 3.63) is 24.3 Å². The van der Waals surface area contributed by atoms with E-state index in [1.54, 1.807) is 0 Å². The Kier molecular flexibility index (Phi) is 3.50. The van der Waals surface area contributed by atoms with Crippen LogP contribution in [0.2, 0.25) is 0 Å². The zero-order valence-electron chi connectivity index (χ0n) is 8.23. The van der Waals surface area contributed by atoms with Gasteiger partial charge in [-0.3, -0.25) is 0 Å². The molecule has 0 aliphatic rings. The normalized spacial score (nSPS) is 9.13. The molecule has 0 saturated heterocycles. The van der Waals surface area contributed by atoms with Crippen molar-refractivity contribution in [3.8, 4) is 0 Å². The molecular weight excluding hydrogens is 196 g/mol. The average Bonchev–Trinajstić information content (AvgIpc) is 2.58. The van der Waals surface area contributed by atoms with Gasteiger partial charge >= 0.3 is 6.09 Å². The molecule has 6 nitrogen and oxygen atoms in total. The van der Waals surface area contributed by atoms with Gasteiger partial charge < -0.3 is 21.2 Å². The van der Waals surface area contributed by atoms with Crippen LogP contribution in [0.25, 0.3) is 11.0 Å². The van der Waals surface area contributed by atoms with Crippen LogP contribution in [0.1, 0.15) is 0 Å². The highest BCUT2D eigenvalue weighted by Crippen LogP contribution is 2.10. The molecule has 15 heavy (non-hydrogen) atoms. The van der Waals surface area contributed by atoms with E-state index >= 15 is 0 Å². The smallest absolute Gasteiger partial charge is 0.404 e. The van der Waals surface area contributed by atoms with Gasteiger partial charge in [-0.05, 0) is 12.1 Å². The molecule has 1 amide bonds. The highest BCUT2D eigenvalue weighted by molar-refractivity contribution is 5.76. The Morgan fingerprint density at radius 3 is 2.60 bits per heavy atom. The fourth-order valence-corrected chi connectivity index (χ4v) is 0.973. The number of nitrogens with two attached hydrogens (primary N) is 2. The highest BCUT2D eigenvalue weighted by Gasteiger charge is 1.94. The lowest BCUT2D eigenvalue weighted by molar-refractivity contribution is 0.182. The van der Waals surface area contributed by atoms with E-state index in [2.05, 4.69) is 20.4 Å². The number of ether oxygens (including phenoxy) is 1. The fourth-order valence-electron chi connectivity index (χ4n) is 0.973. The van der Waals surface area contributed by atoms with E-state index in [1.807, 2.05) is 24.3 Å². The molecule has 5 N–H and O–H groups in total. The zero-order chi connectivity index (χ0) is 11.3. The van der Waals surface area contributed by atoms with Gasteiger partial charge in [0.15, 0.2) is 5.95 Å². The van der Waals surface area contributed by atoms with Crippen molar-refractivity contribution in [2.45, 2.75) is 0 Å². The van der Waals surface area contributed by atoms with Gasteiger partial charge in [-0.1, -0.05) is 12.1 Å². The molecule has 0 fully saturated rings. The number of para-hydroxylation sites is 2. The highest BCUT2D eigenvalue weighted by atomic mass is 16.5. The minimum atomic E-state index is -0.745. The molecular formula is C9H12N4O2. The molecule has 0 saturated carbocycles. The number of amides is 1. The largest absolute Gasteiger partial charge is 0.453 e. The topological polar surface area (TPSA) is 107 Å². The number of aromatic nitrogens is 2. The first-order valence-corrected chi connectivity index (χ1v) is 4.17. The van der Waals surface area contributed by atoms with Crippen LogP contribution in [0.4, 0.5) is 10.7 Å². The number of benzene rings is 1. The predicted molar refractivity (Wildman–Crippen MR) is 57.1 cm³/mol. The van der Waals surface area contributed by atoms with Crippen LogP contribution < -0.4 is 11.5 Å². The number of anilines is 1. The number of fused-ring (bicyclic) bond motifs is 1. The van der Waals surface area contributed by atoms with Crippen molar-refractivity contribution < 1.29 is 9.53 Å². The first-order chi connectivity index (χ1) is 7.13. The van der Waals surface area contributed by atoms with Crippen molar-refractivity contribution in [1.82, 2.24) is 9.97 Å². The second-order valence-electron chi connectivity index (χ2n) is 2.66. The lowest BCUT2D eigenvalue weighted by atomic mass is 10.3. The Bertz CT molecular complexity index is 419. The number of aromatic amines is 1. The standard InChI is InChI=1S/C7H7N3.C2H5NO2/c8-7-9-5-3-1-2-4-6(5)10-7;1-5-2(3)4/h1-4H,(H3,8,9,10);1H3,(H2,3,4). The van der Waals surface area contributed by atoms with E-state index in [0.717, 1.165) is 11.0 Å². The van der Waals surface area contributed by atoms with E-state index in [-0.39, 0.29) is 0 Å². The van der Waals surface area contributed by atoms with E-state index in [1.165, 1.54) is 7.11 Å². The van der Waals surface area contributed by atoms with E-state index in [4.69, 9.17) is 5.73 Å². The van der Waals surface area contributed by atoms with Gasteiger partial charge in [-0.15, -0.1) is 0 Å². The second-order valence-corrected chi connectivity index (χ2v) is 2.66. The van der Waals surface area contributed by atoms with Gasteiger partial charge in [-0.2, -0.15) is 0 Å². The van der Waals surface area contributed by atoms with E-state index < -0.39 is 6.09 Å². The molecule has 0 atom stereocenters. The number of imidazole rings is 1. The number of H-pyrrole nitrogens is 1. The third-order valence-corrected chi connectivity index (χ3v) is 1.61. The van der Waals surface area contributed by atoms with Crippen LogP contribution in [0, 0.1) is 0 Å². The van der Waals surface area contributed by atoms with Gasteiger partial charge in [0.1, 0.15) is 0 Å².